The highest BCUT2D eigenvalue weighted by molar-refractivity contribution is 6.08. The van der Waals surface area contributed by atoms with Crippen LogP contribution < -0.4 is 5.32 Å². The van der Waals surface area contributed by atoms with Gasteiger partial charge in [-0.15, -0.1) is 0 Å². The lowest BCUT2D eigenvalue weighted by Gasteiger charge is -2.22. The van der Waals surface area contributed by atoms with Gasteiger partial charge in [-0.1, -0.05) is 6.07 Å². The summed E-state index contributed by atoms with van der Waals surface area (Å²) in [4.78, 5) is 38.3. The van der Waals surface area contributed by atoms with E-state index in [1.165, 1.54) is 30.3 Å². The van der Waals surface area contributed by atoms with E-state index in [0.717, 1.165) is 12.0 Å². The number of fused-ring (bicyclic) bond motifs is 3. The molecule has 1 aromatic heterocycles. The molecule has 2 amide bonds. The van der Waals surface area contributed by atoms with Crippen LogP contribution >= 0.6 is 0 Å². The summed E-state index contributed by atoms with van der Waals surface area (Å²) in [7, 11) is 1.12. The average Bonchev–Trinajstić information content (AvgIpc) is 3.37. The first-order valence-corrected chi connectivity index (χ1v) is 9.98. The van der Waals surface area contributed by atoms with E-state index >= 15 is 0 Å². The van der Waals surface area contributed by atoms with Crippen LogP contribution in [-0.4, -0.2) is 61.6 Å². The van der Waals surface area contributed by atoms with Crippen LogP contribution in [-0.2, 0) is 19.1 Å². The van der Waals surface area contributed by atoms with Crippen molar-refractivity contribution in [1.29, 1.82) is 0 Å². The second-order valence-electron chi connectivity index (χ2n) is 7.45. The van der Waals surface area contributed by atoms with Gasteiger partial charge in [-0.3, -0.25) is 9.59 Å². The zero-order valence-electron chi connectivity index (χ0n) is 17.3. The summed E-state index contributed by atoms with van der Waals surface area (Å²) < 4.78 is 54.0. The third-order valence-corrected chi connectivity index (χ3v) is 5.46. The minimum absolute atomic E-state index is 0.146. The molecule has 0 saturated carbocycles. The summed E-state index contributed by atoms with van der Waals surface area (Å²) >= 11 is 0. The highest BCUT2D eigenvalue weighted by Gasteiger charge is 2.41. The van der Waals surface area contributed by atoms with Crippen LogP contribution in [0, 0.1) is 5.82 Å². The van der Waals surface area contributed by atoms with Crippen LogP contribution in [0.15, 0.2) is 40.8 Å². The lowest BCUT2D eigenvalue weighted by molar-refractivity contribution is -0.160. The molecule has 33 heavy (non-hydrogen) atoms. The number of nitrogens with zero attached hydrogens (tertiary/aromatic N) is 1. The summed E-state index contributed by atoms with van der Waals surface area (Å²) in [6, 6.07) is 7.73. The Bertz CT molecular complexity index is 1230. The highest BCUT2D eigenvalue weighted by Crippen LogP contribution is 2.31. The fourth-order valence-electron chi connectivity index (χ4n) is 3.96. The summed E-state index contributed by atoms with van der Waals surface area (Å²) in [5, 5.41) is 3.07. The fraction of sp³-hybridized carbons (Fsp3) is 0.318. The molecule has 0 unspecified atom stereocenters. The number of carbonyl (C=O) groups excluding carboxylic acids is 3. The van der Waals surface area contributed by atoms with Gasteiger partial charge in [0.05, 0.1) is 25.1 Å². The number of ether oxygens (including phenoxy) is 2. The number of nitrogens with one attached hydrogen (secondary N) is 1. The van der Waals surface area contributed by atoms with E-state index in [-0.39, 0.29) is 23.9 Å². The van der Waals surface area contributed by atoms with Crippen molar-refractivity contribution >= 4 is 39.7 Å². The number of alkyl halides is 2. The summed E-state index contributed by atoms with van der Waals surface area (Å²) in [5.41, 5.74) is 0.887. The first-order valence-electron chi connectivity index (χ1n) is 9.98. The maximum atomic E-state index is 14.2. The number of likely N-dealkylation sites (tertiary alicyclic amines) is 1. The number of hydrogen-bond donors (Lipinski definition) is 1. The molecular weight excluding hydrogens is 445 g/mol. The van der Waals surface area contributed by atoms with E-state index in [1.54, 1.807) is 6.07 Å². The molecule has 3 aromatic rings. The normalized spacial score (nSPS) is 18.3. The third-order valence-electron chi connectivity index (χ3n) is 5.46. The quantitative estimate of drug-likeness (QED) is 0.564. The zero-order chi connectivity index (χ0) is 23.7. The van der Waals surface area contributed by atoms with Gasteiger partial charge < -0.3 is 24.1 Å². The Balaban J connectivity index is 1.47. The molecule has 0 aliphatic carbocycles. The van der Waals surface area contributed by atoms with Gasteiger partial charge >= 0.3 is 12.6 Å². The van der Waals surface area contributed by atoms with Crippen LogP contribution in [0.5, 0.6) is 0 Å². The van der Waals surface area contributed by atoms with E-state index < -0.39 is 48.9 Å². The predicted molar refractivity (Wildman–Crippen MR) is 109 cm³/mol. The molecule has 8 nitrogen and oxygen atoms in total. The van der Waals surface area contributed by atoms with Crippen molar-refractivity contribution in [2.45, 2.75) is 25.2 Å². The Morgan fingerprint density at radius 1 is 1.21 bits per heavy atom. The van der Waals surface area contributed by atoms with E-state index in [1.807, 2.05) is 0 Å². The molecule has 11 heteroatoms. The van der Waals surface area contributed by atoms with E-state index in [9.17, 15) is 27.6 Å². The van der Waals surface area contributed by atoms with Gasteiger partial charge in [0.25, 0.3) is 5.91 Å². The molecule has 2 heterocycles. The molecule has 1 N–H and O–H groups in total. The van der Waals surface area contributed by atoms with Crippen molar-refractivity contribution in [3.05, 3.63) is 47.8 Å². The van der Waals surface area contributed by atoms with Crippen molar-refractivity contribution in [2.75, 3.05) is 20.2 Å². The van der Waals surface area contributed by atoms with Gasteiger partial charge in [0, 0.05) is 23.9 Å². The van der Waals surface area contributed by atoms with Gasteiger partial charge in [-0.25, -0.2) is 9.18 Å². The molecule has 0 spiro atoms. The topological polar surface area (TPSA) is 98.1 Å². The van der Waals surface area contributed by atoms with E-state index in [2.05, 4.69) is 14.8 Å². The van der Waals surface area contributed by atoms with Gasteiger partial charge in [0.2, 0.25) is 5.91 Å². The Labute approximate surface area is 185 Å². The minimum atomic E-state index is -3.05. The molecule has 1 aliphatic rings. The zero-order valence-corrected chi connectivity index (χ0v) is 17.3. The summed E-state index contributed by atoms with van der Waals surface area (Å²) in [6.45, 7) is -3.79. The number of carbonyl (C=O) groups is 3. The van der Waals surface area contributed by atoms with Crippen molar-refractivity contribution in [2.24, 2.45) is 0 Å². The Hall–Kier alpha value is -3.60. The molecule has 0 radical (unpaired) electrons. The molecule has 174 valence electrons. The van der Waals surface area contributed by atoms with Gasteiger partial charge in [-0.2, -0.15) is 8.78 Å². The molecule has 1 fully saturated rings. The monoisotopic (exact) mass is 464 g/mol. The number of halogens is 3. The van der Waals surface area contributed by atoms with Gasteiger partial charge in [0.15, 0.2) is 0 Å². The van der Waals surface area contributed by atoms with Gasteiger partial charge in [-0.05, 0) is 30.3 Å². The van der Waals surface area contributed by atoms with Crippen LogP contribution in [0.3, 0.4) is 0 Å². The van der Waals surface area contributed by atoms with Crippen molar-refractivity contribution in [3.63, 3.8) is 0 Å². The number of hydrogen-bond acceptors (Lipinski definition) is 6. The number of amides is 2. The van der Waals surface area contributed by atoms with Crippen LogP contribution in [0.25, 0.3) is 21.9 Å². The number of rotatable bonds is 6. The maximum Gasteiger partial charge on any atom is 0.345 e. The van der Waals surface area contributed by atoms with Crippen molar-refractivity contribution < 1.29 is 41.4 Å². The van der Waals surface area contributed by atoms with Crippen molar-refractivity contribution in [3.8, 4) is 0 Å². The fourth-order valence-corrected chi connectivity index (χ4v) is 3.96. The largest absolute Gasteiger partial charge is 0.467 e. The molecule has 4 rings (SSSR count). The molecule has 1 saturated heterocycles. The van der Waals surface area contributed by atoms with Crippen LogP contribution in [0.4, 0.5) is 13.2 Å². The lowest BCUT2D eigenvalue weighted by Crippen LogP contribution is -2.46. The maximum absolute atomic E-state index is 14.2. The summed E-state index contributed by atoms with van der Waals surface area (Å²) in [6.07, 6.45) is -1.19. The Morgan fingerprint density at radius 2 is 2.00 bits per heavy atom. The summed E-state index contributed by atoms with van der Waals surface area (Å²) in [5.74, 6) is -2.55. The van der Waals surface area contributed by atoms with Crippen molar-refractivity contribution in [1.82, 2.24) is 10.2 Å². The first kappa shape index (κ1) is 22.6. The number of esters is 1. The SMILES string of the molecule is COC(=O)[C@@H]1C[C@@H](OC(F)F)CN1C(=O)CNC(=O)c1ccc2oc3cccc(F)c3c2c1. The predicted octanol–water partition coefficient (Wildman–Crippen LogP) is 2.84. The second-order valence-corrected chi connectivity index (χ2v) is 7.45. The molecule has 0 bridgehead atoms. The Morgan fingerprint density at radius 3 is 2.73 bits per heavy atom. The highest BCUT2D eigenvalue weighted by atomic mass is 19.3. The molecular formula is C22H19F3N2O6. The second kappa shape index (κ2) is 9.10. The van der Waals surface area contributed by atoms with Crippen LogP contribution in [0.2, 0.25) is 0 Å². The standard InChI is InChI=1S/C22H19F3N2O6/c1-31-21(30)15-8-12(32-22(24)25)10-27(15)18(28)9-26-20(29)11-5-6-16-13(7-11)19-14(23)3-2-4-17(19)33-16/h2-7,12,15,22H,8-10H2,1H3,(H,26,29)/t12-,15+/m1/s1. The van der Waals surface area contributed by atoms with E-state index in [0.29, 0.717) is 16.6 Å². The molecule has 2 aromatic carbocycles. The minimum Gasteiger partial charge on any atom is -0.467 e. The lowest BCUT2D eigenvalue weighted by atomic mass is 10.1. The smallest absolute Gasteiger partial charge is 0.345 e. The number of methoxy groups -OCH3 is 1. The number of furan rings is 1. The molecule has 2 atom stereocenters. The first-order chi connectivity index (χ1) is 15.8. The average molecular weight is 464 g/mol. The van der Waals surface area contributed by atoms with Gasteiger partial charge in [0.1, 0.15) is 23.0 Å². The number of benzene rings is 2. The Kier molecular flexibility index (Phi) is 6.23. The van der Waals surface area contributed by atoms with E-state index in [4.69, 9.17) is 4.42 Å². The van der Waals surface area contributed by atoms with Crippen LogP contribution in [0.1, 0.15) is 16.8 Å². The third kappa shape index (κ3) is 4.49. The molecule has 1 aliphatic heterocycles.